The second-order valence-electron chi connectivity index (χ2n) is 6.45. The smallest absolute Gasteiger partial charge is 0.286 e. The molecule has 0 unspecified atom stereocenters. The number of thioether (sulfide) groups is 1. The van der Waals surface area contributed by atoms with Gasteiger partial charge in [0.15, 0.2) is 4.32 Å². The van der Waals surface area contributed by atoms with Crippen molar-refractivity contribution < 1.29 is 29.4 Å². The summed E-state index contributed by atoms with van der Waals surface area (Å²) in [6, 6.07) is 12.2. The van der Waals surface area contributed by atoms with Gasteiger partial charge in [-0.15, -0.1) is 0 Å². The zero-order valence-electron chi connectivity index (χ0n) is 15.5. The molecule has 2 aliphatic heterocycles. The molecule has 2 aliphatic rings. The number of phenols is 1. The summed E-state index contributed by atoms with van der Waals surface area (Å²) in [5.74, 6) is -3.92. The molecule has 11 heteroatoms. The molecule has 2 heterocycles. The second kappa shape index (κ2) is 7.85. The second-order valence-corrected chi connectivity index (χ2v) is 8.10. The molecular weight excluding hydrogens is 442 g/mol. The predicted octanol–water partition coefficient (Wildman–Crippen LogP) is 0.405. The van der Waals surface area contributed by atoms with Crippen molar-refractivity contribution in [2.45, 2.75) is 0 Å². The number of carboxylic acid groups (broad SMARTS) is 1. The highest BCUT2D eigenvalue weighted by Crippen LogP contribution is 2.44. The molecule has 156 valence electrons. The number of rotatable bonds is 4. The van der Waals surface area contributed by atoms with Gasteiger partial charge in [-0.1, -0.05) is 42.1 Å². The molecule has 2 N–H and O–H groups in total. The third-order valence-corrected chi connectivity index (χ3v) is 5.94. The molecule has 0 spiro atoms. The Hall–Kier alpha value is -3.70. The summed E-state index contributed by atoms with van der Waals surface area (Å²) in [4.78, 5) is 50.5. The van der Waals surface area contributed by atoms with Gasteiger partial charge < -0.3 is 19.9 Å². The number of nitrogens with zero attached hydrogens (tertiary/aromatic N) is 2. The van der Waals surface area contributed by atoms with Gasteiger partial charge >= 0.3 is 0 Å². The third-order valence-electron chi connectivity index (χ3n) is 4.57. The van der Waals surface area contributed by atoms with E-state index in [2.05, 4.69) is 5.43 Å². The summed E-state index contributed by atoms with van der Waals surface area (Å²) >= 11 is 6.00. The standard InChI is InChI=1S/C20H13N3O6S2/c24-13-8-4-2-6-11(13)17(27)21-23-19(29)16(31-20(23)30)15-10-5-1-3-7-12(10)22(18(15)28)9-14(25)26/h1-8,24H,9H2,(H,21,27)(H,25,26)/p-1/b16-15-. The zero-order chi connectivity index (χ0) is 22.3. The van der Waals surface area contributed by atoms with Gasteiger partial charge in [-0.25, -0.2) is 0 Å². The summed E-state index contributed by atoms with van der Waals surface area (Å²) in [7, 11) is 0. The van der Waals surface area contributed by atoms with Crippen LogP contribution < -0.4 is 15.4 Å². The van der Waals surface area contributed by atoms with Crippen LogP contribution in [0.15, 0.2) is 53.4 Å². The van der Waals surface area contributed by atoms with E-state index in [9.17, 15) is 29.4 Å². The lowest BCUT2D eigenvalue weighted by Gasteiger charge is -2.17. The number of carboxylic acids is 1. The Balaban J connectivity index is 1.69. The van der Waals surface area contributed by atoms with E-state index >= 15 is 0 Å². The number of carbonyl (C=O) groups excluding carboxylic acids is 4. The molecule has 2 aromatic carbocycles. The van der Waals surface area contributed by atoms with Gasteiger partial charge in [0.1, 0.15) is 5.75 Å². The number of anilines is 1. The first-order chi connectivity index (χ1) is 14.8. The molecular formula is C20H12N3O6S2-. The fraction of sp³-hybridized carbons (Fsp3) is 0.0500. The highest BCUT2D eigenvalue weighted by Gasteiger charge is 2.42. The summed E-state index contributed by atoms with van der Waals surface area (Å²) in [6.07, 6.45) is 0. The maximum Gasteiger partial charge on any atom is 0.286 e. The Morgan fingerprint density at radius 1 is 1.06 bits per heavy atom. The van der Waals surface area contributed by atoms with E-state index in [1.54, 1.807) is 30.3 Å². The van der Waals surface area contributed by atoms with Gasteiger partial charge in [-0.3, -0.25) is 19.8 Å². The van der Waals surface area contributed by atoms with Crippen LogP contribution in [-0.2, 0) is 14.4 Å². The molecule has 4 rings (SSSR count). The molecule has 0 aliphatic carbocycles. The van der Waals surface area contributed by atoms with E-state index in [4.69, 9.17) is 12.2 Å². The third kappa shape index (κ3) is 3.53. The van der Waals surface area contributed by atoms with Gasteiger partial charge in [0.25, 0.3) is 17.7 Å². The number of nitrogens with one attached hydrogen (secondary N) is 1. The normalized spacial score (nSPS) is 17.9. The van der Waals surface area contributed by atoms with Crippen molar-refractivity contribution in [1.82, 2.24) is 10.4 Å². The van der Waals surface area contributed by atoms with Gasteiger partial charge in [-0.05, 0) is 30.4 Å². The minimum absolute atomic E-state index is 0.00601. The van der Waals surface area contributed by atoms with Crippen LogP contribution in [0, 0.1) is 0 Å². The number of aromatic hydroxyl groups is 1. The first-order valence-corrected chi connectivity index (χ1v) is 10.0. The number of aliphatic carboxylic acids is 1. The van der Waals surface area contributed by atoms with E-state index in [-0.39, 0.29) is 26.1 Å². The van der Waals surface area contributed by atoms with Gasteiger partial charge in [0.05, 0.1) is 34.2 Å². The van der Waals surface area contributed by atoms with E-state index in [1.807, 2.05) is 0 Å². The lowest BCUT2D eigenvalue weighted by molar-refractivity contribution is -0.303. The summed E-state index contributed by atoms with van der Waals surface area (Å²) in [6.45, 7) is -0.677. The Bertz CT molecular complexity index is 1210. The van der Waals surface area contributed by atoms with Crippen LogP contribution in [0.25, 0.3) is 5.57 Å². The molecule has 1 fully saturated rings. The van der Waals surface area contributed by atoms with Crippen molar-refractivity contribution in [3.8, 4) is 5.75 Å². The molecule has 2 aromatic rings. The van der Waals surface area contributed by atoms with Crippen LogP contribution in [0.3, 0.4) is 0 Å². The Morgan fingerprint density at radius 2 is 1.74 bits per heavy atom. The molecule has 3 amide bonds. The van der Waals surface area contributed by atoms with Gasteiger partial charge in [0.2, 0.25) is 0 Å². The molecule has 0 saturated carbocycles. The predicted molar refractivity (Wildman–Crippen MR) is 113 cm³/mol. The Morgan fingerprint density at radius 3 is 2.45 bits per heavy atom. The quantitative estimate of drug-likeness (QED) is 0.502. The van der Waals surface area contributed by atoms with E-state index in [1.165, 1.54) is 18.2 Å². The largest absolute Gasteiger partial charge is 0.548 e. The molecule has 0 aromatic heterocycles. The summed E-state index contributed by atoms with van der Waals surface area (Å²) in [5.41, 5.74) is 2.97. The van der Waals surface area contributed by atoms with Crippen LogP contribution in [0.1, 0.15) is 15.9 Å². The number of phenolic OH excluding ortho intramolecular Hbond substituents is 1. The topological polar surface area (TPSA) is 130 Å². The van der Waals surface area contributed by atoms with Crippen molar-refractivity contribution in [3.63, 3.8) is 0 Å². The van der Waals surface area contributed by atoms with Crippen LogP contribution in [0.2, 0.25) is 0 Å². The Kier molecular flexibility index (Phi) is 5.21. The lowest BCUT2D eigenvalue weighted by atomic mass is 10.1. The minimum Gasteiger partial charge on any atom is -0.548 e. The highest BCUT2D eigenvalue weighted by molar-refractivity contribution is 8.26. The van der Waals surface area contributed by atoms with Crippen molar-refractivity contribution in [2.75, 3.05) is 11.4 Å². The van der Waals surface area contributed by atoms with Crippen molar-refractivity contribution >= 4 is 63.3 Å². The molecule has 0 bridgehead atoms. The van der Waals surface area contributed by atoms with E-state index in [0.29, 0.717) is 11.3 Å². The van der Waals surface area contributed by atoms with Gasteiger partial charge in [-0.2, -0.15) is 5.01 Å². The first kappa shape index (κ1) is 20.6. The number of hydrogen-bond acceptors (Lipinski definition) is 8. The summed E-state index contributed by atoms with van der Waals surface area (Å²) < 4.78 is -0.0279. The number of hydrazine groups is 1. The van der Waals surface area contributed by atoms with E-state index in [0.717, 1.165) is 21.7 Å². The average molecular weight is 454 g/mol. The van der Waals surface area contributed by atoms with Crippen LogP contribution in [0.5, 0.6) is 5.75 Å². The average Bonchev–Trinajstić information content (AvgIpc) is 3.16. The molecule has 1 saturated heterocycles. The van der Waals surface area contributed by atoms with Crippen LogP contribution in [0.4, 0.5) is 5.69 Å². The molecule has 0 radical (unpaired) electrons. The highest BCUT2D eigenvalue weighted by atomic mass is 32.2. The number of para-hydroxylation sites is 2. The van der Waals surface area contributed by atoms with Crippen LogP contribution in [-0.4, -0.2) is 44.7 Å². The van der Waals surface area contributed by atoms with Crippen molar-refractivity contribution in [1.29, 1.82) is 0 Å². The maximum absolute atomic E-state index is 13.0. The van der Waals surface area contributed by atoms with Crippen molar-refractivity contribution in [2.24, 2.45) is 0 Å². The van der Waals surface area contributed by atoms with Crippen LogP contribution >= 0.6 is 24.0 Å². The van der Waals surface area contributed by atoms with Crippen molar-refractivity contribution in [3.05, 3.63) is 64.6 Å². The zero-order valence-corrected chi connectivity index (χ0v) is 17.2. The summed E-state index contributed by atoms with van der Waals surface area (Å²) in [5, 5.41) is 21.8. The molecule has 9 nitrogen and oxygen atoms in total. The number of fused-ring (bicyclic) bond motifs is 1. The fourth-order valence-corrected chi connectivity index (χ4v) is 4.48. The number of thiocarbonyl (C=S) groups is 1. The van der Waals surface area contributed by atoms with Gasteiger partial charge in [0, 0.05) is 5.56 Å². The molecule has 0 atom stereocenters. The SMILES string of the molecule is O=C([O-])CN1C(=O)/C(=C2\SC(=S)N(NC(=O)c3ccccc3O)C2=O)c2ccccc21. The first-order valence-electron chi connectivity index (χ1n) is 8.80. The maximum atomic E-state index is 13.0. The fourth-order valence-electron chi connectivity index (χ4n) is 3.23. The Labute approximate surface area is 184 Å². The molecule has 31 heavy (non-hydrogen) atoms. The van der Waals surface area contributed by atoms with E-state index < -0.39 is 30.2 Å². The number of benzene rings is 2. The number of amides is 3. The lowest BCUT2D eigenvalue weighted by Crippen LogP contribution is -2.45. The monoisotopic (exact) mass is 454 g/mol. The number of carbonyl (C=O) groups is 4. The number of hydrogen-bond donors (Lipinski definition) is 2. The minimum atomic E-state index is -1.45.